The summed E-state index contributed by atoms with van der Waals surface area (Å²) in [5.41, 5.74) is 0. The van der Waals surface area contributed by atoms with E-state index in [0.717, 1.165) is 96.3 Å². The summed E-state index contributed by atoms with van der Waals surface area (Å²) in [4.78, 5) is 25.1. The molecule has 0 aliphatic carbocycles. The first kappa shape index (κ1) is 72.4. The van der Waals surface area contributed by atoms with Crippen LogP contribution in [0.3, 0.4) is 0 Å². The highest BCUT2D eigenvalue weighted by Gasteiger charge is 2.44. The minimum absolute atomic E-state index is 0.0169. The molecule has 77 heavy (non-hydrogen) atoms. The number of esters is 1. The number of aliphatic hydroxyl groups excluding tert-OH is 5. The number of hydrogen-bond donors (Lipinski definition) is 6. The Morgan fingerprint density at radius 3 is 1.35 bits per heavy atom. The molecule has 6 N–H and O–H groups in total. The summed E-state index contributed by atoms with van der Waals surface area (Å²) >= 11 is 0. The maximum absolute atomic E-state index is 13.0. The fourth-order valence-corrected chi connectivity index (χ4v) is 9.72. The molecular formula is C66H119NO10. The molecule has 7 atom stereocenters. The lowest BCUT2D eigenvalue weighted by molar-refractivity contribution is -0.302. The molecular weight excluding hydrogens is 967 g/mol. The first-order valence-corrected chi connectivity index (χ1v) is 32.1. The van der Waals surface area contributed by atoms with E-state index in [1.807, 2.05) is 6.08 Å². The summed E-state index contributed by atoms with van der Waals surface area (Å²) in [7, 11) is 0. The molecule has 0 spiro atoms. The van der Waals surface area contributed by atoms with Gasteiger partial charge in [-0.2, -0.15) is 0 Å². The molecule has 1 rings (SSSR count). The number of ether oxygens (including phenoxy) is 3. The quantitative estimate of drug-likeness (QED) is 0.0195. The van der Waals surface area contributed by atoms with Crippen molar-refractivity contribution < 1.29 is 49.3 Å². The second-order valence-electron chi connectivity index (χ2n) is 22.1. The first-order chi connectivity index (χ1) is 37.7. The standard InChI is InChI=1S/C66H119NO10/c1-3-5-7-9-11-13-15-16-31-34-38-42-46-50-54-62(71)75-55-51-47-43-39-35-32-29-27-25-23-21-19-17-18-20-22-24-26-28-30-33-37-41-45-49-53-61(70)67-58(57-76-66-65(74)64(73)63(72)60(56-68)77-66)59(69)52-48-44-40-36-14-12-10-8-6-4-2/h9,11,15-16,18-21,48,52,58-60,63-66,68-69,72-74H,3-8,10,12-14,17,22-47,49-51,53-57H2,1-2H3,(H,67,70)/b11-9-,16-15-,20-18-,21-19-,52-48+. The van der Waals surface area contributed by atoms with Crippen LogP contribution in [0.4, 0.5) is 0 Å². The Kier molecular flexibility index (Phi) is 52.0. The molecule has 0 radical (unpaired) electrons. The molecule has 11 heteroatoms. The maximum atomic E-state index is 13.0. The van der Waals surface area contributed by atoms with Crippen LogP contribution in [-0.2, 0) is 23.8 Å². The van der Waals surface area contributed by atoms with Gasteiger partial charge in [0.15, 0.2) is 6.29 Å². The van der Waals surface area contributed by atoms with Crippen molar-refractivity contribution >= 4 is 11.9 Å². The van der Waals surface area contributed by atoms with Crippen LogP contribution in [0.2, 0.25) is 0 Å². The van der Waals surface area contributed by atoms with Crippen LogP contribution in [0.5, 0.6) is 0 Å². The van der Waals surface area contributed by atoms with Crippen LogP contribution in [0, 0.1) is 0 Å². The Hall–Kier alpha value is -2.64. The summed E-state index contributed by atoms with van der Waals surface area (Å²) < 4.78 is 16.7. The maximum Gasteiger partial charge on any atom is 0.305 e. The highest BCUT2D eigenvalue weighted by molar-refractivity contribution is 5.76. The third-order valence-corrected chi connectivity index (χ3v) is 14.8. The van der Waals surface area contributed by atoms with Gasteiger partial charge in [0.05, 0.1) is 32.0 Å². The van der Waals surface area contributed by atoms with Crippen LogP contribution >= 0.6 is 0 Å². The molecule has 1 heterocycles. The zero-order chi connectivity index (χ0) is 55.9. The fourth-order valence-electron chi connectivity index (χ4n) is 9.72. The summed E-state index contributed by atoms with van der Waals surface area (Å²) in [5, 5.41) is 54.3. The number of allylic oxidation sites excluding steroid dienone is 9. The third kappa shape index (κ3) is 44.8. The smallest absolute Gasteiger partial charge is 0.305 e. The van der Waals surface area contributed by atoms with Crippen molar-refractivity contribution in [2.75, 3.05) is 19.8 Å². The predicted octanol–water partition coefficient (Wildman–Crippen LogP) is 15.4. The van der Waals surface area contributed by atoms with E-state index in [9.17, 15) is 35.1 Å². The molecule has 1 fully saturated rings. The van der Waals surface area contributed by atoms with Crippen molar-refractivity contribution in [2.24, 2.45) is 0 Å². The van der Waals surface area contributed by atoms with Gasteiger partial charge in [-0.05, 0) is 89.9 Å². The lowest BCUT2D eigenvalue weighted by Gasteiger charge is -2.40. The Morgan fingerprint density at radius 1 is 0.481 bits per heavy atom. The second-order valence-corrected chi connectivity index (χ2v) is 22.1. The zero-order valence-corrected chi connectivity index (χ0v) is 49.4. The van der Waals surface area contributed by atoms with Gasteiger partial charge in [0.2, 0.25) is 5.91 Å². The SMILES string of the molecule is CCCC/C=C\C/C=C\CCCCCCCC(=O)OCCCCCCCCCCC/C=C\C/C=C\CCCCCCCCCCCC(=O)NC(COC1OC(CO)C(O)C(O)C1O)C(O)/C=C/CCCCCCCCCC. The molecule has 1 aliphatic heterocycles. The Balaban J connectivity index is 2.01. The Bertz CT molecular complexity index is 1460. The van der Waals surface area contributed by atoms with E-state index in [1.165, 1.54) is 161 Å². The van der Waals surface area contributed by atoms with Crippen LogP contribution < -0.4 is 5.32 Å². The largest absolute Gasteiger partial charge is 0.466 e. The molecule has 448 valence electrons. The van der Waals surface area contributed by atoms with E-state index >= 15 is 0 Å². The number of rotatable bonds is 55. The summed E-state index contributed by atoms with van der Waals surface area (Å²) in [6, 6.07) is -0.815. The second kappa shape index (κ2) is 55.3. The van der Waals surface area contributed by atoms with E-state index < -0.39 is 49.5 Å². The minimum Gasteiger partial charge on any atom is -0.466 e. The van der Waals surface area contributed by atoms with Gasteiger partial charge in [0.25, 0.3) is 0 Å². The number of unbranched alkanes of at least 4 members (excludes halogenated alkanes) is 33. The average Bonchev–Trinajstić information content (AvgIpc) is 3.43. The minimum atomic E-state index is -1.57. The van der Waals surface area contributed by atoms with E-state index in [1.54, 1.807) is 6.08 Å². The van der Waals surface area contributed by atoms with Crippen LogP contribution in [0.25, 0.3) is 0 Å². The van der Waals surface area contributed by atoms with Crippen molar-refractivity contribution in [3.8, 4) is 0 Å². The van der Waals surface area contributed by atoms with Gasteiger partial charge >= 0.3 is 5.97 Å². The lowest BCUT2D eigenvalue weighted by Crippen LogP contribution is -2.60. The van der Waals surface area contributed by atoms with Crippen molar-refractivity contribution in [1.82, 2.24) is 5.32 Å². The van der Waals surface area contributed by atoms with E-state index in [0.29, 0.717) is 19.4 Å². The number of nitrogens with one attached hydrogen (secondary N) is 1. The molecule has 0 aromatic rings. The van der Waals surface area contributed by atoms with Crippen molar-refractivity contribution in [2.45, 2.75) is 326 Å². The van der Waals surface area contributed by atoms with Gasteiger partial charge in [0.1, 0.15) is 24.4 Å². The van der Waals surface area contributed by atoms with E-state index in [-0.39, 0.29) is 18.5 Å². The van der Waals surface area contributed by atoms with Crippen molar-refractivity contribution in [3.63, 3.8) is 0 Å². The molecule has 0 bridgehead atoms. The van der Waals surface area contributed by atoms with Gasteiger partial charge in [-0.3, -0.25) is 9.59 Å². The van der Waals surface area contributed by atoms with Gasteiger partial charge in [-0.1, -0.05) is 242 Å². The number of hydrogen-bond acceptors (Lipinski definition) is 10. The van der Waals surface area contributed by atoms with Crippen LogP contribution in [0.15, 0.2) is 60.8 Å². The van der Waals surface area contributed by atoms with Crippen LogP contribution in [0.1, 0.15) is 284 Å². The van der Waals surface area contributed by atoms with E-state index in [4.69, 9.17) is 14.2 Å². The highest BCUT2D eigenvalue weighted by Crippen LogP contribution is 2.23. The molecule has 1 aliphatic rings. The average molecular weight is 1090 g/mol. The Morgan fingerprint density at radius 2 is 0.883 bits per heavy atom. The third-order valence-electron chi connectivity index (χ3n) is 14.8. The topological polar surface area (TPSA) is 175 Å². The van der Waals surface area contributed by atoms with E-state index in [2.05, 4.69) is 67.8 Å². The number of amides is 1. The molecule has 0 aromatic heterocycles. The molecule has 7 unspecified atom stereocenters. The van der Waals surface area contributed by atoms with Gasteiger partial charge in [-0.15, -0.1) is 0 Å². The monoisotopic (exact) mass is 1090 g/mol. The molecule has 1 saturated heterocycles. The van der Waals surface area contributed by atoms with Gasteiger partial charge < -0.3 is 45.1 Å². The normalized spacial score (nSPS) is 19.0. The molecule has 0 aromatic carbocycles. The first-order valence-electron chi connectivity index (χ1n) is 32.1. The summed E-state index contributed by atoms with van der Waals surface area (Å²) in [5.74, 6) is -0.207. The number of carbonyl (C=O) groups is 2. The summed E-state index contributed by atoms with van der Waals surface area (Å²) in [6.45, 7) is 4.27. The zero-order valence-electron chi connectivity index (χ0n) is 49.4. The Labute approximate surface area is 471 Å². The van der Waals surface area contributed by atoms with Crippen molar-refractivity contribution in [3.05, 3.63) is 60.8 Å². The van der Waals surface area contributed by atoms with Crippen molar-refractivity contribution in [1.29, 1.82) is 0 Å². The fraction of sp³-hybridized carbons (Fsp3) is 0.818. The van der Waals surface area contributed by atoms with Crippen LogP contribution in [-0.4, -0.2) is 100 Å². The number of aliphatic hydroxyl groups is 5. The van der Waals surface area contributed by atoms with Gasteiger partial charge in [0, 0.05) is 12.8 Å². The molecule has 11 nitrogen and oxygen atoms in total. The predicted molar refractivity (Wildman–Crippen MR) is 320 cm³/mol. The lowest BCUT2D eigenvalue weighted by atomic mass is 9.99. The summed E-state index contributed by atoms with van der Waals surface area (Å²) in [6.07, 6.45) is 61.9. The number of carbonyl (C=O) groups excluding carboxylic acids is 2. The van der Waals surface area contributed by atoms with Gasteiger partial charge in [-0.25, -0.2) is 0 Å². The highest BCUT2D eigenvalue weighted by atomic mass is 16.7. The molecule has 1 amide bonds. The molecule has 0 saturated carbocycles.